The minimum absolute atomic E-state index is 0.0304. The van der Waals surface area contributed by atoms with Gasteiger partial charge in [-0.2, -0.15) is 0 Å². The summed E-state index contributed by atoms with van der Waals surface area (Å²) in [5.41, 5.74) is 1.82. The van der Waals surface area contributed by atoms with Gasteiger partial charge in [-0.1, -0.05) is 18.2 Å². The fraction of sp³-hybridized carbons (Fsp3) is 0.0769. The first-order chi connectivity index (χ1) is 8.85. The smallest absolute Gasteiger partial charge is 0.193 e. The van der Waals surface area contributed by atoms with E-state index in [2.05, 4.69) is 27.1 Å². The number of rotatable bonds is 3. The number of nitrogens with one attached hydrogen (secondary N) is 1. The predicted molar refractivity (Wildman–Crippen MR) is 70.4 cm³/mol. The quantitative estimate of drug-likeness (QED) is 0.708. The molecule has 5 heteroatoms. The van der Waals surface area contributed by atoms with Crippen molar-refractivity contribution in [3.63, 3.8) is 0 Å². The van der Waals surface area contributed by atoms with E-state index in [0.717, 1.165) is 16.1 Å². The summed E-state index contributed by atoms with van der Waals surface area (Å²) in [4.78, 5) is 11.7. The highest BCUT2D eigenvalue weighted by atomic mass is 32.2. The third kappa shape index (κ3) is 2.23. The second-order valence-corrected chi connectivity index (χ2v) is 4.86. The van der Waals surface area contributed by atoms with E-state index in [9.17, 15) is 0 Å². The van der Waals surface area contributed by atoms with Gasteiger partial charge >= 0.3 is 0 Å². The third-order valence-electron chi connectivity index (χ3n) is 2.57. The Labute approximate surface area is 108 Å². The Morgan fingerprint density at radius 3 is 2.67 bits per heavy atom. The van der Waals surface area contributed by atoms with Crippen LogP contribution >= 0.6 is 11.8 Å². The minimum Gasteiger partial charge on any atom is -0.392 e. The molecule has 0 unspecified atom stereocenters. The largest absolute Gasteiger partial charge is 0.392 e. The molecule has 0 bridgehead atoms. The van der Waals surface area contributed by atoms with Crippen LogP contribution in [0.2, 0.25) is 0 Å². The summed E-state index contributed by atoms with van der Waals surface area (Å²) in [6, 6.07) is 10.2. The van der Waals surface area contributed by atoms with Crippen molar-refractivity contribution < 1.29 is 5.11 Å². The Kier molecular flexibility index (Phi) is 3.00. The number of aromatic nitrogens is 3. The van der Waals surface area contributed by atoms with Gasteiger partial charge in [0.15, 0.2) is 5.16 Å². The monoisotopic (exact) mass is 257 g/mol. The molecular weight excluding hydrogens is 246 g/mol. The number of fused-ring (bicyclic) bond motifs is 1. The fourth-order valence-corrected chi connectivity index (χ4v) is 2.43. The van der Waals surface area contributed by atoms with E-state index in [1.165, 1.54) is 17.1 Å². The molecule has 0 saturated carbocycles. The van der Waals surface area contributed by atoms with E-state index < -0.39 is 0 Å². The zero-order valence-corrected chi connectivity index (χ0v) is 10.3. The summed E-state index contributed by atoms with van der Waals surface area (Å²) in [5, 5.41) is 11.8. The lowest BCUT2D eigenvalue weighted by molar-refractivity contribution is 0.280. The van der Waals surface area contributed by atoms with E-state index in [1.807, 2.05) is 18.2 Å². The highest BCUT2D eigenvalue weighted by Gasteiger charge is 2.04. The van der Waals surface area contributed by atoms with E-state index in [-0.39, 0.29) is 6.61 Å². The van der Waals surface area contributed by atoms with Crippen LogP contribution in [-0.2, 0) is 6.61 Å². The molecule has 3 aromatic rings. The molecule has 0 aliphatic rings. The van der Waals surface area contributed by atoms with Gasteiger partial charge in [-0.3, -0.25) is 0 Å². The molecule has 4 nitrogen and oxygen atoms in total. The van der Waals surface area contributed by atoms with Crippen LogP contribution in [0.15, 0.2) is 52.9 Å². The van der Waals surface area contributed by atoms with Gasteiger partial charge in [-0.05, 0) is 23.9 Å². The zero-order chi connectivity index (χ0) is 12.4. The van der Waals surface area contributed by atoms with Crippen LogP contribution in [0, 0.1) is 0 Å². The molecule has 0 spiro atoms. The first-order valence-corrected chi connectivity index (χ1v) is 6.34. The number of hydrogen-bond donors (Lipinski definition) is 2. The first kappa shape index (κ1) is 11.3. The standard InChI is InChI=1S/C13H11N3OS/c17-8-9-6-14-13(15-7-9)18-12-5-10-3-1-2-4-11(10)16-12/h1-7,16-17H,8H2. The van der Waals surface area contributed by atoms with Crippen molar-refractivity contribution in [2.45, 2.75) is 16.8 Å². The van der Waals surface area contributed by atoms with Gasteiger partial charge in [-0.25, -0.2) is 9.97 Å². The predicted octanol–water partition coefficient (Wildman–Crippen LogP) is 2.60. The zero-order valence-electron chi connectivity index (χ0n) is 9.50. The van der Waals surface area contributed by atoms with Gasteiger partial charge in [-0.15, -0.1) is 0 Å². The number of para-hydroxylation sites is 1. The number of hydrogen-bond acceptors (Lipinski definition) is 4. The third-order valence-corrected chi connectivity index (χ3v) is 3.40. The summed E-state index contributed by atoms with van der Waals surface area (Å²) in [6.45, 7) is -0.0304. The molecule has 0 atom stereocenters. The molecule has 0 radical (unpaired) electrons. The normalized spacial score (nSPS) is 10.9. The Morgan fingerprint density at radius 1 is 1.17 bits per heavy atom. The average Bonchev–Trinajstić information content (AvgIpc) is 2.82. The molecule has 18 heavy (non-hydrogen) atoms. The summed E-state index contributed by atoms with van der Waals surface area (Å²) < 4.78 is 0. The van der Waals surface area contributed by atoms with Gasteiger partial charge in [0.25, 0.3) is 0 Å². The Hall–Kier alpha value is -1.85. The van der Waals surface area contributed by atoms with Crippen molar-refractivity contribution in [1.29, 1.82) is 0 Å². The molecule has 2 aromatic heterocycles. The van der Waals surface area contributed by atoms with Gasteiger partial charge in [0.05, 0.1) is 11.6 Å². The number of aliphatic hydroxyl groups is 1. The molecule has 0 saturated heterocycles. The topological polar surface area (TPSA) is 61.8 Å². The van der Waals surface area contributed by atoms with Crippen molar-refractivity contribution in [2.75, 3.05) is 0 Å². The van der Waals surface area contributed by atoms with Crippen LogP contribution in [0.4, 0.5) is 0 Å². The number of aliphatic hydroxyl groups excluding tert-OH is 1. The molecule has 3 rings (SSSR count). The van der Waals surface area contributed by atoms with Crippen LogP contribution in [-0.4, -0.2) is 20.1 Å². The van der Waals surface area contributed by atoms with E-state index in [1.54, 1.807) is 12.4 Å². The molecule has 2 heterocycles. The number of H-pyrrole nitrogens is 1. The van der Waals surface area contributed by atoms with Crippen LogP contribution in [0.3, 0.4) is 0 Å². The molecule has 1 aromatic carbocycles. The second-order valence-electron chi connectivity index (χ2n) is 3.85. The number of aromatic amines is 1. The lowest BCUT2D eigenvalue weighted by atomic mass is 10.3. The van der Waals surface area contributed by atoms with Gasteiger partial charge in [0.1, 0.15) is 0 Å². The number of benzene rings is 1. The summed E-state index contributed by atoms with van der Waals surface area (Å²) in [6.07, 6.45) is 3.27. The van der Waals surface area contributed by atoms with Crippen LogP contribution in [0.1, 0.15) is 5.56 Å². The fourth-order valence-electron chi connectivity index (χ4n) is 1.68. The summed E-state index contributed by atoms with van der Waals surface area (Å²) >= 11 is 1.47. The maximum absolute atomic E-state index is 8.92. The van der Waals surface area contributed by atoms with Crippen molar-refractivity contribution in [3.8, 4) is 0 Å². The molecule has 0 aliphatic heterocycles. The van der Waals surface area contributed by atoms with Crippen molar-refractivity contribution in [1.82, 2.24) is 15.0 Å². The maximum Gasteiger partial charge on any atom is 0.193 e. The van der Waals surface area contributed by atoms with E-state index in [0.29, 0.717) is 5.16 Å². The van der Waals surface area contributed by atoms with E-state index in [4.69, 9.17) is 5.11 Å². The Bertz CT molecular complexity index is 630. The molecule has 2 N–H and O–H groups in total. The lowest BCUT2D eigenvalue weighted by Gasteiger charge is -1.98. The second kappa shape index (κ2) is 4.80. The van der Waals surface area contributed by atoms with Crippen molar-refractivity contribution in [3.05, 3.63) is 48.3 Å². The van der Waals surface area contributed by atoms with Crippen LogP contribution < -0.4 is 0 Å². The maximum atomic E-state index is 8.92. The van der Waals surface area contributed by atoms with E-state index >= 15 is 0 Å². The van der Waals surface area contributed by atoms with Gasteiger partial charge in [0, 0.05) is 28.9 Å². The highest BCUT2D eigenvalue weighted by molar-refractivity contribution is 7.99. The van der Waals surface area contributed by atoms with Gasteiger partial charge in [0.2, 0.25) is 0 Å². The molecule has 0 fully saturated rings. The Balaban J connectivity index is 1.86. The van der Waals surface area contributed by atoms with Crippen molar-refractivity contribution >= 4 is 22.7 Å². The summed E-state index contributed by atoms with van der Waals surface area (Å²) in [5.74, 6) is 0. The Morgan fingerprint density at radius 2 is 1.94 bits per heavy atom. The molecule has 0 aliphatic carbocycles. The SMILES string of the molecule is OCc1cnc(Sc2cc3ccccc3[nH]2)nc1. The molecular formula is C13H11N3OS. The average molecular weight is 257 g/mol. The first-order valence-electron chi connectivity index (χ1n) is 5.52. The lowest BCUT2D eigenvalue weighted by Crippen LogP contribution is -1.90. The van der Waals surface area contributed by atoms with Crippen LogP contribution in [0.25, 0.3) is 10.9 Å². The number of nitrogens with zero attached hydrogens (tertiary/aromatic N) is 2. The summed E-state index contributed by atoms with van der Waals surface area (Å²) in [7, 11) is 0. The van der Waals surface area contributed by atoms with Crippen molar-refractivity contribution in [2.24, 2.45) is 0 Å². The molecule has 90 valence electrons. The van der Waals surface area contributed by atoms with Gasteiger partial charge < -0.3 is 10.1 Å². The molecule has 0 amide bonds. The minimum atomic E-state index is -0.0304. The highest BCUT2D eigenvalue weighted by Crippen LogP contribution is 2.27. The van der Waals surface area contributed by atoms with Crippen LogP contribution in [0.5, 0.6) is 0 Å².